The second kappa shape index (κ2) is 6.86. The third-order valence-electron chi connectivity index (χ3n) is 2.12. The Morgan fingerprint density at radius 3 is 2.11 bits per heavy atom. The molecule has 1 aromatic rings. The first-order chi connectivity index (χ1) is 8.87. The van der Waals surface area contributed by atoms with Crippen LogP contribution in [-0.4, -0.2) is 24.1 Å². The molecule has 0 saturated carbocycles. The molecule has 1 aromatic carbocycles. The lowest BCUT2D eigenvalue weighted by Gasteiger charge is -2.20. The van der Waals surface area contributed by atoms with E-state index in [-0.39, 0.29) is 4.75 Å². The number of ether oxygens (including phenoxy) is 2. The summed E-state index contributed by atoms with van der Waals surface area (Å²) in [5.41, 5.74) is 0.722. The number of anilines is 1. The molecule has 0 fully saturated rings. The molecular formula is C13H20N2O2S2. The quantitative estimate of drug-likeness (QED) is 0.656. The van der Waals surface area contributed by atoms with E-state index in [1.54, 1.807) is 26.2 Å². The fourth-order valence-corrected chi connectivity index (χ4v) is 1.99. The molecule has 0 heterocycles. The number of rotatable bonds is 4. The second-order valence-corrected chi connectivity index (χ2v) is 6.85. The molecule has 19 heavy (non-hydrogen) atoms. The van der Waals surface area contributed by atoms with E-state index in [4.69, 9.17) is 21.7 Å². The highest BCUT2D eigenvalue weighted by molar-refractivity contribution is 8.00. The van der Waals surface area contributed by atoms with Gasteiger partial charge in [-0.25, -0.2) is 0 Å². The Bertz CT molecular complexity index is 423. The van der Waals surface area contributed by atoms with E-state index in [1.807, 2.05) is 18.2 Å². The van der Waals surface area contributed by atoms with Crippen molar-refractivity contribution in [3.8, 4) is 11.5 Å². The first-order valence-electron chi connectivity index (χ1n) is 5.83. The van der Waals surface area contributed by atoms with E-state index in [0.717, 1.165) is 5.69 Å². The number of para-hydroxylation sites is 1. The van der Waals surface area contributed by atoms with Gasteiger partial charge in [-0.3, -0.25) is 0 Å². The van der Waals surface area contributed by atoms with Crippen LogP contribution < -0.4 is 19.5 Å². The zero-order chi connectivity index (χ0) is 14.5. The first-order valence-corrected chi connectivity index (χ1v) is 7.06. The van der Waals surface area contributed by atoms with E-state index in [1.165, 1.54) is 0 Å². The molecule has 0 unspecified atom stereocenters. The van der Waals surface area contributed by atoms with Crippen molar-refractivity contribution in [1.82, 2.24) is 4.72 Å². The molecule has 0 atom stereocenters. The summed E-state index contributed by atoms with van der Waals surface area (Å²) < 4.78 is 13.8. The van der Waals surface area contributed by atoms with Crippen molar-refractivity contribution in [2.45, 2.75) is 25.5 Å². The summed E-state index contributed by atoms with van der Waals surface area (Å²) in [6.45, 7) is 6.32. The van der Waals surface area contributed by atoms with Crippen LogP contribution in [0.4, 0.5) is 5.69 Å². The van der Waals surface area contributed by atoms with E-state index < -0.39 is 0 Å². The van der Waals surface area contributed by atoms with Gasteiger partial charge in [0.2, 0.25) is 0 Å². The normalized spacial score (nSPS) is 10.8. The van der Waals surface area contributed by atoms with Gasteiger partial charge in [-0.05, 0) is 57.1 Å². The molecule has 1 rings (SSSR count). The predicted molar refractivity (Wildman–Crippen MR) is 86.2 cm³/mol. The SMILES string of the molecule is COc1cccc(OC)c1NC(=S)NSC(C)(C)C. The first kappa shape index (κ1) is 15.9. The van der Waals surface area contributed by atoms with Crippen LogP contribution in [0, 0.1) is 0 Å². The Balaban J connectivity index is 2.78. The fraction of sp³-hybridized carbons (Fsp3) is 0.462. The van der Waals surface area contributed by atoms with Crippen molar-refractivity contribution in [3.05, 3.63) is 18.2 Å². The Hall–Kier alpha value is -1.14. The van der Waals surface area contributed by atoms with Crippen LogP contribution in [0.25, 0.3) is 0 Å². The molecule has 0 radical (unpaired) electrons. The molecular weight excluding hydrogens is 280 g/mol. The summed E-state index contributed by atoms with van der Waals surface area (Å²) >= 11 is 6.82. The van der Waals surface area contributed by atoms with Crippen molar-refractivity contribution in [2.24, 2.45) is 0 Å². The lowest BCUT2D eigenvalue weighted by atomic mass is 10.2. The number of hydrogen-bond acceptors (Lipinski definition) is 4. The number of methoxy groups -OCH3 is 2. The van der Waals surface area contributed by atoms with Gasteiger partial charge in [0.1, 0.15) is 17.2 Å². The third-order valence-corrected chi connectivity index (χ3v) is 3.37. The Labute approximate surface area is 124 Å². The highest BCUT2D eigenvalue weighted by atomic mass is 32.2. The summed E-state index contributed by atoms with van der Waals surface area (Å²) in [6, 6.07) is 5.57. The maximum absolute atomic E-state index is 5.30. The average molecular weight is 300 g/mol. The minimum Gasteiger partial charge on any atom is -0.494 e. The molecule has 0 aliphatic carbocycles. The fourth-order valence-electron chi connectivity index (χ4n) is 1.31. The molecule has 0 aliphatic rings. The van der Waals surface area contributed by atoms with Gasteiger partial charge in [0.25, 0.3) is 0 Å². The number of nitrogens with one attached hydrogen (secondary N) is 2. The van der Waals surface area contributed by atoms with Crippen molar-refractivity contribution in [1.29, 1.82) is 0 Å². The molecule has 0 saturated heterocycles. The van der Waals surface area contributed by atoms with Crippen molar-refractivity contribution in [2.75, 3.05) is 19.5 Å². The van der Waals surface area contributed by atoms with Crippen molar-refractivity contribution in [3.63, 3.8) is 0 Å². The van der Waals surface area contributed by atoms with Gasteiger partial charge in [0.05, 0.1) is 14.2 Å². The summed E-state index contributed by atoms with van der Waals surface area (Å²) in [4.78, 5) is 0. The highest BCUT2D eigenvalue weighted by Crippen LogP contribution is 2.34. The van der Waals surface area contributed by atoms with Gasteiger partial charge in [-0.15, -0.1) is 0 Å². The lowest BCUT2D eigenvalue weighted by Crippen LogP contribution is -2.27. The van der Waals surface area contributed by atoms with Crippen LogP contribution in [0.3, 0.4) is 0 Å². The van der Waals surface area contributed by atoms with Crippen LogP contribution in [0.15, 0.2) is 18.2 Å². The van der Waals surface area contributed by atoms with Gasteiger partial charge in [0, 0.05) is 4.75 Å². The zero-order valence-electron chi connectivity index (χ0n) is 11.9. The van der Waals surface area contributed by atoms with Crippen molar-refractivity contribution < 1.29 is 9.47 Å². The molecule has 4 nitrogen and oxygen atoms in total. The minimum absolute atomic E-state index is 0.0800. The van der Waals surface area contributed by atoms with Crippen LogP contribution >= 0.6 is 24.2 Å². The Morgan fingerprint density at radius 2 is 1.68 bits per heavy atom. The molecule has 106 valence electrons. The molecule has 6 heteroatoms. The van der Waals surface area contributed by atoms with Gasteiger partial charge in [-0.2, -0.15) is 0 Å². The molecule has 2 N–H and O–H groups in total. The molecule has 0 bridgehead atoms. The summed E-state index contributed by atoms with van der Waals surface area (Å²) in [6.07, 6.45) is 0. The van der Waals surface area contributed by atoms with Crippen LogP contribution in [0.1, 0.15) is 20.8 Å². The minimum atomic E-state index is 0.0800. The maximum Gasteiger partial charge on any atom is 0.181 e. The average Bonchev–Trinajstić information content (AvgIpc) is 2.35. The highest BCUT2D eigenvalue weighted by Gasteiger charge is 2.14. The number of thiocarbonyl (C=S) groups is 1. The lowest BCUT2D eigenvalue weighted by molar-refractivity contribution is 0.398. The van der Waals surface area contributed by atoms with E-state index in [0.29, 0.717) is 16.6 Å². The number of benzene rings is 1. The molecule has 0 aromatic heterocycles. The monoisotopic (exact) mass is 300 g/mol. The largest absolute Gasteiger partial charge is 0.494 e. The molecule has 0 spiro atoms. The summed E-state index contributed by atoms with van der Waals surface area (Å²) in [5, 5.41) is 3.62. The van der Waals surface area contributed by atoms with Gasteiger partial charge in [-0.1, -0.05) is 6.07 Å². The van der Waals surface area contributed by atoms with Crippen LogP contribution in [0.5, 0.6) is 11.5 Å². The number of hydrogen-bond donors (Lipinski definition) is 2. The molecule has 0 amide bonds. The maximum atomic E-state index is 5.30. The van der Waals surface area contributed by atoms with Crippen LogP contribution in [-0.2, 0) is 0 Å². The summed E-state index contributed by atoms with van der Waals surface area (Å²) in [5.74, 6) is 1.37. The standard InChI is InChI=1S/C13H20N2O2S2/c1-13(2,3)19-15-12(18)14-11-9(16-4)7-6-8-10(11)17-5/h6-8H,1-5H3,(H2,14,15,18). The van der Waals surface area contributed by atoms with Gasteiger partial charge < -0.3 is 19.5 Å². The Morgan fingerprint density at radius 1 is 1.16 bits per heavy atom. The Kier molecular flexibility index (Phi) is 5.75. The van der Waals surface area contributed by atoms with Gasteiger partial charge in [0.15, 0.2) is 5.11 Å². The summed E-state index contributed by atoms with van der Waals surface area (Å²) in [7, 11) is 3.22. The molecule has 0 aliphatic heterocycles. The van der Waals surface area contributed by atoms with Crippen molar-refractivity contribution >= 4 is 35.0 Å². The predicted octanol–water partition coefficient (Wildman–Crippen LogP) is 3.44. The third kappa shape index (κ3) is 5.16. The van der Waals surface area contributed by atoms with Gasteiger partial charge >= 0.3 is 0 Å². The van der Waals surface area contributed by atoms with E-state index in [2.05, 4.69) is 30.8 Å². The van der Waals surface area contributed by atoms with E-state index in [9.17, 15) is 0 Å². The topological polar surface area (TPSA) is 42.5 Å². The second-order valence-electron chi connectivity index (χ2n) is 4.81. The van der Waals surface area contributed by atoms with Crippen LogP contribution in [0.2, 0.25) is 0 Å². The smallest absolute Gasteiger partial charge is 0.181 e. The zero-order valence-corrected chi connectivity index (χ0v) is 13.5. The van der Waals surface area contributed by atoms with E-state index >= 15 is 0 Å².